The Bertz CT molecular complexity index is 855. The van der Waals surface area contributed by atoms with E-state index in [0.717, 1.165) is 5.56 Å². The molecule has 1 N–H and O–H groups in total. The van der Waals surface area contributed by atoms with Crippen LogP contribution in [0.25, 0.3) is 16.2 Å². The lowest BCUT2D eigenvalue weighted by atomic mass is 10.2. The predicted octanol–water partition coefficient (Wildman–Crippen LogP) is 1.71. The highest BCUT2D eigenvalue weighted by atomic mass is 32.1. The highest BCUT2D eigenvalue weighted by Gasteiger charge is 2.16. The molecule has 0 fully saturated rings. The molecule has 0 bridgehead atoms. The summed E-state index contributed by atoms with van der Waals surface area (Å²) >= 11 is 1.35. The van der Waals surface area contributed by atoms with Crippen molar-refractivity contribution in [3.8, 4) is 11.3 Å². The van der Waals surface area contributed by atoms with E-state index in [1.54, 1.807) is 0 Å². The summed E-state index contributed by atoms with van der Waals surface area (Å²) in [6, 6.07) is 9.47. The van der Waals surface area contributed by atoms with Crippen LogP contribution >= 0.6 is 11.3 Å². The molecule has 0 saturated heterocycles. The molecule has 7 heteroatoms. The fraction of sp³-hybridized carbons (Fsp3) is 0.0714. The minimum absolute atomic E-state index is 0.0649. The van der Waals surface area contributed by atoms with Gasteiger partial charge in [-0.2, -0.15) is 0 Å². The highest BCUT2D eigenvalue weighted by Crippen LogP contribution is 2.23. The zero-order valence-electron chi connectivity index (χ0n) is 11.1. The first kappa shape index (κ1) is 13.5. The van der Waals surface area contributed by atoms with E-state index in [-0.39, 0.29) is 5.56 Å². The van der Waals surface area contributed by atoms with Gasteiger partial charge in [-0.25, -0.2) is 10.5 Å². The molecule has 0 unspecified atom stereocenters. The van der Waals surface area contributed by atoms with Crippen molar-refractivity contribution in [1.82, 2.24) is 14.9 Å². The van der Waals surface area contributed by atoms with E-state index in [1.165, 1.54) is 29.0 Å². The van der Waals surface area contributed by atoms with Crippen molar-refractivity contribution in [3.05, 3.63) is 57.8 Å². The van der Waals surface area contributed by atoms with Crippen molar-refractivity contribution >= 4 is 22.2 Å². The second-order valence-corrected chi connectivity index (χ2v) is 5.05. The Labute approximate surface area is 123 Å². The van der Waals surface area contributed by atoms with Crippen molar-refractivity contribution in [2.75, 3.05) is 7.11 Å². The predicted molar refractivity (Wildman–Crippen MR) is 79.3 cm³/mol. The minimum atomic E-state index is -0.616. The Morgan fingerprint density at radius 1 is 1.33 bits per heavy atom. The Balaban J connectivity index is 2.23. The number of nitrogens with one attached hydrogen (secondary N) is 1. The number of benzene rings is 1. The number of hydroxylamine groups is 1. The van der Waals surface area contributed by atoms with Gasteiger partial charge in [-0.3, -0.25) is 18.8 Å². The molecular weight excluding hydrogens is 290 g/mol. The van der Waals surface area contributed by atoms with Gasteiger partial charge in [0.05, 0.1) is 12.8 Å². The molecule has 3 aromatic rings. The van der Waals surface area contributed by atoms with E-state index in [1.807, 2.05) is 35.7 Å². The Hall–Kier alpha value is -2.51. The lowest BCUT2D eigenvalue weighted by molar-refractivity contribution is 0.0535. The largest absolute Gasteiger partial charge is 0.282 e. The van der Waals surface area contributed by atoms with E-state index in [2.05, 4.69) is 15.3 Å². The maximum absolute atomic E-state index is 12.5. The number of hydrogen-bond donors (Lipinski definition) is 1. The molecule has 0 atom stereocenters. The van der Waals surface area contributed by atoms with Crippen molar-refractivity contribution in [2.45, 2.75) is 0 Å². The lowest BCUT2D eigenvalue weighted by Gasteiger charge is -2.04. The van der Waals surface area contributed by atoms with Crippen molar-refractivity contribution in [1.29, 1.82) is 0 Å². The molecule has 6 nitrogen and oxygen atoms in total. The Morgan fingerprint density at radius 3 is 2.81 bits per heavy atom. The van der Waals surface area contributed by atoms with Crippen LogP contribution in [0.2, 0.25) is 0 Å². The molecule has 0 radical (unpaired) electrons. The third kappa shape index (κ3) is 2.32. The van der Waals surface area contributed by atoms with Gasteiger partial charge in [0.1, 0.15) is 5.56 Å². The van der Waals surface area contributed by atoms with Crippen molar-refractivity contribution < 1.29 is 9.63 Å². The van der Waals surface area contributed by atoms with E-state index >= 15 is 0 Å². The average Bonchev–Trinajstić information content (AvgIpc) is 2.93. The molecule has 0 saturated carbocycles. The second kappa shape index (κ2) is 5.47. The van der Waals surface area contributed by atoms with Crippen LogP contribution in [0, 0.1) is 0 Å². The Morgan fingerprint density at radius 2 is 2.10 bits per heavy atom. The van der Waals surface area contributed by atoms with E-state index in [9.17, 15) is 9.59 Å². The summed E-state index contributed by atoms with van der Waals surface area (Å²) < 4.78 is 1.44. The van der Waals surface area contributed by atoms with Crippen LogP contribution in [-0.4, -0.2) is 22.4 Å². The summed E-state index contributed by atoms with van der Waals surface area (Å²) in [5.74, 6) is -0.616. The van der Waals surface area contributed by atoms with Crippen LogP contribution in [0.5, 0.6) is 0 Å². The molecular formula is C14H11N3O3S. The zero-order valence-corrected chi connectivity index (χ0v) is 11.9. The number of thiazole rings is 1. The number of aromatic nitrogens is 2. The van der Waals surface area contributed by atoms with E-state index < -0.39 is 11.5 Å². The molecule has 0 aliphatic heterocycles. The fourth-order valence-corrected chi connectivity index (χ4v) is 2.87. The number of nitrogens with zero attached hydrogens (tertiary/aromatic N) is 2. The molecule has 2 aromatic heterocycles. The summed E-state index contributed by atoms with van der Waals surface area (Å²) in [6.07, 6.45) is 1.26. The topological polar surface area (TPSA) is 72.7 Å². The monoisotopic (exact) mass is 301 g/mol. The van der Waals surface area contributed by atoms with E-state index in [0.29, 0.717) is 10.7 Å². The average molecular weight is 301 g/mol. The van der Waals surface area contributed by atoms with Crippen LogP contribution in [0.3, 0.4) is 0 Å². The SMILES string of the molecule is CONC(=O)c1cnc2scc(-c3ccccc3)n2c1=O. The highest BCUT2D eigenvalue weighted by molar-refractivity contribution is 7.15. The number of hydrogen-bond acceptors (Lipinski definition) is 5. The summed E-state index contributed by atoms with van der Waals surface area (Å²) in [7, 11) is 1.31. The maximum Gasteiger partial charge on any atom is 0.282 e. The molecule has 0 aliphatic carbocycles. The van der Waals surface area contributed by atoms with Gasteiger partial charge in [-0.05, 0) is 5.56 Å². The van der Waals surface area contributed by atoms with Gasteiger partial charge in [0, 0.05) is 11.6 Å². The molecule has 1 aromatic carbocycles. The third-order valence-corrected chi connectivity index (χ3v) is 3.79. The quantitative estimate of drug-likeness (QED) is 0.748. The first-order valence-corrected chi connectivity index (χ1v) is 6.98. The minimum Gasteiger partial charge on any atom is -0.277 e. The van der Waals surface area contributed by atoms with Crippen molar-refractivity contribution in [3.63, 3.8) is 0 Å². The first-order chi connectivity index (χ1) is 10.2. The molecule has 3 rings (SSSR count). The van der Waals surface area contributed by atoms with Gasteiger partial charge in [0.25, 0.3) is 11.5 Å². The summed E-state index contributed by atoms with van der Waals surface area (Å²) in [6.45, 7) is 0. The molecule has 0 spiro atoms. The number of amides is 1. The number of carbonyl (C=O) groups is 1. The first-order valence-electron chi connectivity index (χ1n) is 6.10. The van der Waals surface area contributed by atoms with E-state index in [4.69, 9.17) is 0 Å². The molecule has 106 valence electrons. The summed E-state index contributed by atoms with van der Waals surface area (Å²) in [5, 5.41) is 1.84. The maximum atomic E-state index is 12.5. The standard InChI is InChI=1S/C14H11N3O3S/c1-20-16-12(18)10-7-15-14-17(13(10)19)11(8-21-14)9-5-3-2-4-6-9/h2-8H,1H3,(H,16,18). The van der Waals surface area contributed by atoms with Crippen LogP contribution in [0.4, 0.5) is 0 Å². The number of rotatable bonds is 3. The van der Waals surface area contributed by atoms with Gasteiger partial charge in [-0.1, -0.05) is 30.3 Å². The van der Waals surface area contributed by atoms with Gasteiger partial charge < -0.3 is 0 Å². The lowest BCUT2D eigenvalue weighted by Crippen LogP contribution is -2.30. The summed E-state index contributed by atoms with van der Waals surface area (Å²) in [5.41, 5.74) is 3.24. The van der Waals surface area contributed by atoms with Gasteiger partial charge >= 0.3 is 0 Å². The third-order valence-electron chi connectivity index (χ3n) is 2.95. The zero-order chi connectivity index (χ0) is 14.8. The fourth-order valence-electron chi connectivity index (χ4n) is 2.01. The summed E-state index contributed by atoms with van der Waals surface area (Å²) in [4.78, 5) is 33.5. The normalized spacial score (nSPS) is 10.7. The van der Waals surface area contributed by atoms with Gasteiger partial charge in [0.2, 0.25) is 0 Å². The van der Waals surface area contributed by atoms with Crippen LogP contribution < -0.4 is 11.0 Å². The number of carbonyl (C=O) groups excluding carboxylic acids is 1. The number of fused-ring (bicyclic) bond motifs is 1. The van der Waals surface area contributed by atoms with Crippen LogP contribution in [0.1, 0.15) is 10.4 Å². The molecule has 21 heavy (non-hydrogen) atoms. The Kier molecular flexibility index (Phi) is 3.51. The van der Waals surface area contributed by atoms with Gasteiger partial charge in [-0.15, -0.1) is 11.3 Å². The molecule has 2 heterocycles. The smallest absolute Gasteiger partial charge is 0.277 e. The van der Waals surface area contributed by atoms with Gasteiger partial charge in [0.15, 0.2) is 4.96 Å². The second-order valence-electron chi connectivity index (χ2n) is 4.22. The van der Waals surface area contributed by atoms with Crippen molar-refractivity contribution in [2.24, 2.45) is 0 Å². The van der Waals surface area contributed by atoms with Crippen LogP contribution in [0.15, 0.2) is 46.7 Å². The van der Waals surface area contributed by atoms with Crippen LogP contribution in [-0.2, 0) is 4.84 Å². The molecule has 1 amide bonds. The molecule has 0 aliphatic rings.